The molecule has 0 radical (unpaired) electrons. The van der Waals surface area contributed by atoms with E-state index in [2.05, 4.69) is 44.5 Å². The number of hydrogen-bond donors (Lipinski definition) is 0. The first kappa shape index (κ1) is 11.1. The molecule has 0 spiro atoms. The first-order valence-electron chi connectivity index (χ1n) is 4.75. The minimum atomic E-state index is 0.440. The smallest absolute Gasteiger partial charge is 0.0156 e. The maximum absolute atomic E-state index is 3.05. The summed E-state index contributed by atoms with van der Waals surface area (Å²) in [7, 11) is 0. The Morgan fingerprint density at radius 3 is 2.42 bits per heavy atom. The molecule has 0 nitrogen and oxygen atoms in total. The summed E-state index contributed by atoms with van der Waals surface area (Å²) in [5, 5.41) is 0. The molecule has 0 atom stereocenters. The van der Waals surface area contributed by atoms with E-state index in [9.17, 15) is 0 Å². The third-order valence-electron chi connectivity index (χ3n) is 1.42. The van der Waals surface area contributed by atoms with Crippen LogP contribution in [0.3, 0.4) is 0 Å². The minimum absolute atomic E-state index is 0.440. The fourth-order valence-electron chi connectivity index (χ4n) is 0.751. The maximum Gasteiger partial charge on any atom is 0.0156 e. The van der Waals surface area contributed by atoms with E-state index in [1.807, 2.05) is 0 Å². The molecule has 0 bridgehead atoms. The SMILES string of the molecule is CCCCCC#CC#CC(C)C. The Morgan fingerprint density at radius 1 is 1.08 bits per heavy atom. The lowest BCUT2D eigenvalue weighted by Gasteiger charge is -1.87. The fourth-order valence-corrected chi connectivity index (χ4v) is 0.751. The van der Waals surface area contributed by atoms with Crippen LogP contribution in [0.5, 0.6) is 0 Å². The number of unbranched alkanes of at least 4 members (excludes halogenated alkanes) is 3. The van der Waals surface area contributed by atoms with Crippen molar-refractivity contribution in [1.29, 1.82) is 0 Å². The predicted molar refractivity (Wildman–Crippen MR) is 54.5 cm³/mol. The van der Waals surface area contributed by atoms with Crippen molar-refractivity contribution in [1.82, 2.24) is 0 Å². The van der Waals surface area contributed by atoms with E-state index in [1.165, 1.54) is 19.3 Å². The average Bonchev–Trinajstić information content (AvgIpc) is 2.02. The molecule has 0 amide bonds. The molecular formula is C12H18. The van der Waals surface area contributed by atoms with Crippen molar-refractivity contribution in [3.63, 3.8) is 0 Å². The van der Waals surface area contributed by atoms with Gasteiger partial charge in [-0.1, -0.05) is 45.5 Å². The van der Waals surface area contributed by atoms with Crippen molar-refractivity contribution >= 4 is 0 Å². The van der Waals surface area contributed by atoms with E-state index < -0.39 is 0 Å². The van der Waals surface area contributed by atoms with Crippen LogP contribution >= 0.6 is 0 Å². The second-order valence-corrected chi connectivity index (χ2v) is 3.18. The third kappa shape index (κ3) is 9.12. The molecule has 0 heteroatoms. The highest BCUT2D eigenvalue weighted by molar-refractivity contribution is 5.26. The highest BCUT2D eigenvalue weighted by Crippen LogP contribution is 1.96. The molecule has 0 fully saturated rings. The van der Waals surface area contributed by atoms with Crippen molar-refractivity contribution in [3.8, 4) is 23.7 Å². The van der Waals surface area contributed by atoms with E-state index in [0.717, 1.165) is 6.42 Å². The Kier molecular flexibility index (Phi) is 7.62. The van der Waals surface area contributed by atoms with Crippen molar-refractivity contribution in [2.24, 2.45) is 5.92 Å². The van der Waals surface area contributed by atoms with Crippen LogP contribution in [0.15, 0.2) is 0 Å². The molecular weight excluding hydrogens is 144 g/mol. The molecule has 66 valence electrons. The van der Waals surface area contributed by atoms with Gasteiger partial charge in [-0.25, -0.2) is 0 Å². The standard InChI is InChI=1S/C12H18/c1-4-5-6-7-8-9-10-11-12(2)3/h12H,4-7H2,1-3H3. The molecule has 0 aliphatic carbocycles. The summed E-state index contributed by atoms with van der Waals surface area (Å²) in [4.78, 5) is 0. The summed E-state index contributed by atoms with van der Waals surface area (Å²) in [6.45, 7) is 6.35. The summed E-state index contributed by atoms with van der Waals surface area (Å²) in [6.07, 6.45) is 4.76. The van der Waals surface area contributed by atoms with Gasteiger partial charge in [0.15, 0.2) is 0 Å². The lowest BCUT2D eigenvalue weighted by molar-refractivity contribution is 0.737. The number of hydrogen-bond acceptors (Lipinski definition) is 0. The van der Waals surface area contributed by atoms with Crippen LogP contribution in [0.25, 0.3) is 0 Å². The lowest BCUT2D eigenvalue weighted by Crippen LogP contribution is -1.76. The molecule has 0 aromatic heterocycles. The Morgan fingerprint density at radius 2 is 1.83 bits per heavy atom. The molecule has 0 aromatic rings. The fraction of sp³-hybridized carbons (Fsp3) is 0.667. The highest BCUT2D eigenvalue weighted by atomic mass is 13.8. The van der Waals surface area contributed by atoms with Crippen LogP contribution in [0, 0.1) is 29.6 Å². The zero-order chi connectivity index (χ0) is 9.23. The van der Waals surface area contributed by atoms with Crippen molar-refractivity contribution in [3.05, 3.63) is 0 Å². The minimum Gasteiger partial charge on any atom is -0.0891 e. The van der Waals surface area contributed by atoms with Gasteiger partial charge >= 0.3 is 0 Å². The Labute approximate surface area is 76.8 Å². The van der Waals surface area contributed by atoms with Crippen LogP contribution in [0.2, 0.25) is 0 Å². The van der Waals surface area contributed by atoms with Gasteiger partial charge in [0.05, 0.1) is 0 Å². The van der Waals surface area contributed by atoms with Crippen LogP contribution in [-0.2, 0) is 0 Å². The van der Waals surface area contributed by atoms with Crippen LogP contribution in [0.4, 0.5) is 0 Å². The third-order valence-corrected chi connectivity index (χ3v) is 1.42. The van der Waals surface area contributed by atoms with Gasteiger partial charge < -0.3 is 0 Å². The van der Waals surface area contributed by atoms with Gasteiger partial charge in [-0.15, -0.1) is 0 Å². The van der Waals surface area contributed by atoms with Crippen molar-refractivity contribution < 1.29 is 0 Å². The summed E-state index contributed by atoms with van der Waals surface area (Å²) in [5.74, 6) is 12.2. The maximum atomic E-state index is 3.05. The average molecular weight is 162 g/mol. The monoisotopic (exact) mass is 162 g/mol. The van der Waals surface area contributed by atoms with E-state index in [0.29, 0.717) is 5.92 Å². The molecule has 0 aliphatic heterocycles. The first-order valence-corrected chi connectivity index (χ1v) is 4.75. The van der Waals surface area contributed by atoms with E-state index in [-0.39, 0.29) is 0 Å². The molecule has 0 unspecified atom stereocenters. The zero-order valence-corrected chi connectivity index (χ0v) is 8.41. The molecule has 0 saturated heterocycles. The molecule has 0 N–H and O–H groups in total. The molecule has 0 aliphatic rings. The Balaban J connectivity index is 3.42. The van der Waals surface area contributed by atoms with Crippen molar-refractivity contribution in [2.75, 3.05) is 0 Å². The van der Waals surface area contributed by atoms with Gasteiger partial charge in [-0.3, -0.25) is 0 Å². The van der Waals surface area contributed by atoms with E-state index >= 15 is 0 Å². The second-order valence-electron chi connectivity index (χ2n) is 3.18. The molecule has 0 rings (SSSR count). The zero-order valence-electron chi connectivity index (χ0n) is 8.41. The Bertz CT molecular complexity index is 202. The van der Waals surface area contributed by atoms with Gasteiger partial charge in [0.1, 0.15) is 0 Å². The largest absolute Gasteiger partial charge is 0.0891 e. The highest BCUT2D eigenvalue weighted by Gasteiger charge is 1.80. The van der Waals surface area contributed by atoms with Crippen molar-refractivity contribution in [2.45, 2.75) is 46.5 Å². The summed E-state index contributed by atoms with van der Waals surface area (Å²) in [6, 6.07) is 0. The van der Waals surface area contributed by atoms with Gasteiger partial charge in [-0.05, 0) is 18.3 Å². The van der Waals surface area contributed by atoms with Gasteiger partial charge in [0.25, 0.3) is 0 Å². The quantitative estimate of drug-likeness (QED) is 0.441. The van der Waals surface area contributed by atoms with Crippen LogP contribution in [-0.4, -0.2) is 0 Å². The predicted octanol–water partition coefficient (Wildman–Crippen LogP) is 3.23. The van der Waals surface area contributed by atoms with Crippen LogP contribution < -0.4 is 0 Å². The second kappa shape index (κ2) is 8.22. The van der Waals surface area contributed by atoms with E-state index in [4.69, 9.17) is 0 Å². The molecule has 0 aromatic carbocycles. The molecule has 0 heterocycles. The topological polar surface area (TPSA) is 0 Å². The summed E-state index contributed by atoms with van der Waals surface area (Å²) in [5.41, 5.74) is 0. The first-order chi connectivity index (χ1) is 5.77. The Hall–Kier alpha value is -0.880. The molecule has 0 saturated carbocycles. The van der Waals surface area contributed by atoms with Gasteiger partial charge in [0, 0.05) is 12.3 Å². The van der Waals surface area contributed by atoms with Gasteiger partial charge in [-0.2, -0.15) is 0 Å². The number of rotatable bonds is 3. The van der Waals surface area contributed by atoms with E-state index in [1.54, 1.807) is 0 Å². The van der Waals surface area contributed by atoms with Gasteiger partial charge in [0.2, 0.25) is 0 Å². The van der Waals surface area contributed by atoms with Crippen LogP contribution in [0.1, 0.15) is 46.5 Å². The molecule has 12 heavy (non-hydrogen) atoms. The summed E-state index contributed by atoms with van der Waals surface area (Å²) < 4.78 is 0. The normalized spacial score (nSPS) is 8.33. The lowest BCUT2D eigenvalue weighted by atomic mass is 10.2. The summed E-state index contributed by atoms with van der Waals surface area (Å²) >= 11 is 0.